The van der Waals surface area contributed by atoms with Gasteiger partial charge >= 0.3 is 18.5 Å². The van der Waals surface area contributed by atoms with Crippen LogP contribution >= 0.6 is 0 Å². The molecule has 0 aliphatic carbocycles. The summed E-state index contributed by atoms with van der Waals surface area (Å²) in [5.74, 6) is -0.793. The minimum absolute atomic E-state index is 0.0350. The summed E-state index contributed by atoms with van der Waals surface area (Å²) < 4.78 is 155. The first kappa shape index (κ1) is 67.7. The molecule has 10 rings (SSSR count). The monoisotopic (exact) mass is 1300 g/mol. The van der Waals surface area contributed by atoms with E-state index in [1.165, 1.54) is 79.6 Å². The van der Waals surface area contributed by atoms with Crippen molar-refractivity contribution in [3.8, 4) is 69.0 Å². The van der Waals surface area contributed by atoms with Gasteiger partial charge in [-0.25, -0.2) is 15.0 Å². The van der Waals surface area contributed by atoms with E-state index in [4.69, 9.17) is 49.1 Å². The smallest absolute Gasteiger partial charge is 0.389 e. The van der Waals surface area contributed by atoms with Crippen LogP contribution in [0, 0.1) is 18.3 Å². The number of carbonyl (C=O) groups excluding carboxylic acids is 3. The van der Waals surface area contributed by atoms with Gasteiger partial charge in [0.2, 0.25) is 11.7 Å². The summed E-state index contributed by atoms with van der Waals surface area (Å²) >= 11 is 0. The summed E-state index contributed by atoms with van der Waals surface area (Å²) in [6.07, 6.45) is -14.5. The molecule has 10 aromatic rings. The molecule has 22 nitrogen and oxygen atoms in total. The lowest BCUT2D eigenvalue weighted by Gasteiger charge is -2.16. The summed E-state index contributed by atoms with van der Waals surface area (Å²) in [5, 5.41) is 24.7. The zero-order chi connectivity index (χ0) is 67.7. The van der Waals surface area contributed by atoms with Gasteiger partial charge in [0.15, 0.2) is 23.2 Å². The molecule has 0 saturated heterocycles. The van der Waals surface area contributed by atoms with Crippen molar-refractivity contribution in [1.82, 2.24) is 38.8 Å². The van der Waals surface area contributed by atoms with E-state index < -0.39 is 74.4 Å². The maximum absolute atomic E-state index is 12.6. The van der Waals surface area contributed by atoms with Gasteiger partial charge in [0.1, 0.15) is 70.2 Å². The number of amidine groups is 1. The van der Waals surface area contributed by atoms with Crippen molar-refractivity contribution in [1.29, 1.82) is 5.26 Å². The lowest BCUT2D eigenvalue weighted by atomic mass is 10.0. The molecular weight excluding hydrogens is 1250 g/mol. The molecule has 486 valence electrons. The van der Waals surface area contributed by atoms with Crippen LogP contribution in [0.4, 0.5) is 39.5 Å². The summed E-state index contributed by atoms with van der Waals surface area (Å²) in [6, 6.07) is 26.7. The number of rotatable bonds is 20. The average Bonchev–Trinajstić information content (AvgIpc) is 1.76. The molecule has 0 atom stereocenters. The molecule has 0 unspecified atom stereocenters. The second-order valence-electron chi connectivity index (χ2n) is 20.0. The van der Waals surface area contributed by atoms with Gasteiger partial charge in [-0.2, -0.15) is 49.8 Å². The Balaban J connectivity index is 0.000000180. The highest BCUT2D eigenvalue weighted by molar-refractivity contribution is 6.04. The van der Waals surface area contributed by atoms with E-state index in [2.05, 4.69) is 30.2 Å². The Morgan fingerprint density at radius 1 is 0.538 bits per heavy atom. The molecule has 0 aliphatic heterocycles. The SMILES string of the molecule is COc1cc(-n2cnc3cc(-c4noc(C)n4)ccc32)cc(OC)c1C(=O)CCC(F)(F)F.COc1cc(-n2cnc3cc(C#N)ccc32)cc(OC)c1C(=O)CCC(F)(F)F.COc1cc(-n2cnc3cc(C(N)=NO)ccc32)cc(OC)c1C(=O)CCC(F)(F)F. The van der Waals surface area contributed by atoms with E-state index >= 15 is 0 Å². The highest BCUT2D eigenvalue weighted by Gasteiger charge is 2.33. The molecule has 0 bridgehead atoms. The largest absolute Gasteiger partial charge is 0.496 e. The number of hydrogen-bond acceptors (Lipinski definition) is 18. The number of aryl methyl sites for hydroxylation is 1. The van der Waals surface area contributed by atoms with E-state index in [9.17, 15) is 53.9 Å². The number of ether oxygens (including phenoxy) is 6. The predicted molar refractivity (Wildman–Crippen MR) is 317 cm³/mol. The number of nitrogens with two attached hydrogens (primary N) is 1. The van der Waals surface area contributed by atoms with Crippen LogP contribution in [0.15, 0.2) is 120 Å². The van der Waals surface area contributed by atoms with Gasteiger partial charge in [-0.15, -0.1) is 0 Å². The summed E-state index contributed by atoms with van der Waals surface area (Å²) in [7, 11) is 7.95. The maximum atomic E-state index is 12.6. The Morgan fingerprint density at radius 2 is 0.882 bits per heavy atom. The molecule has 0 amide bonds. The molecule has 6 aromatic carbocycles. The lowest BCUT2D eigenvalue weighted by Crippen LogP contribution is -2.13. The normalized spacial score (nSPS) is 11.8. The van der Waals surface area contributed by atoms with E-state index in [0.717, 1.165) is 11.1 Å². The number of nitrogens with zero attached hydrogens (tertiary/aromatic N) is 10. The molecule has 3 N–H and O–H groups in total. The van der Waals surface area contributed by atoms with Crippen molar-refractivity contribution in [2.24, 2.45) is 10.9 Å². The maximum Gasteiger partial charge on any atom is 0.389 e. The fourth-order valence-electron chi connectivity index (χ4n) is 9.57. The van der Waals surface area contributed by atoms with Gasteiger partial charge in [0.25, 0.3) is 0 Å². The molecule has 93 heavy (non-hydrogen) atoms. The highest BCUT2D eigenvalue weighted by Crippen LogP contribution is 2.40. The van der Waals surface area contributed by atoms with Crippen molar-refractivity contribution < 1.29 is 92.0 Å². The van der Waals surface area contributed by atoms with Crippen LogP contribution in [-0.2, 0) is 0 Å². The van der Waals surface area contributed by atoms with Crippen LogP contribution in [0.25, 0.3) is 61.6 Å². The average molecular weight is 1300 g/mol. The predicted octanol–water partition coefficient (Wildman–Crippen LogP) is 13.0. The molecule has 0 aliphatic rings. The minimum atomic E-state index is -4.45. The minimum Gasteiger partial charge on any atom is -0.496 e. The van der Waals surface area contributed by atoms with E-state index in [0.29, 0.717) is 67.5 Å². The Labute approximate surface area is 521 Å². The standard InChI is InChI=1S/C22H19F3N4O4.C20H19F3N4O4.C20H16F3N3O3/c1-12-27-21(28-33-12)13-4-5-16-15(8-13)26-11-29(16)14-9-18(31-2)20(19(10-14)32-3)17(30)6-7-22(23,24)25;1-30-16-8-12(9-17(31-2)18(16)15(28)5-6-20(21,22)23)27-10-25-13-7-11(19(24)26-29)3-4-14(13)27;1-28-17-8-13(26-11-25-14-7-12(10-24)3-4-15(14)26)9-18(29-2)19(17)16(27)5-6-20(21,22)23/h4-5,8-11H,6-7H2,1-3H3;3-4,7-10,29H,5-6H2,1-2H3,(H2,24,26);3-4,7-9,11H,5-6H2,1-2H3. The van der Waals surface area contributed by atoms with Crippen LogP contribution in [0.5, 0.6) is 34.5 Å². The van der Waals surface area contributed by atoms with Crippen molar-refractivity contribution >= 4 is 56.3 Å². The second kappa shape index (κ2) is 28.3. The number of carbonyl (C=O) groups is 3. The van der Waals surface area contributed by atoms with E-state index in [1.807, 2.05) is 18.2 Å². The zero-order valence-corrected chi connectivity index (χ0v) is 50.1. The Bertz CT molecular complexity index is 4410. The molecule has 4 aromatic heterocycles. The van der Waals surface area contributed by atoms with Gasteiger partial charge in [0, 0.05) is 73.7 Å². The Kier molecular flexibility index (Phi) is 20.6. The second-order valence-corrected chi connectivity index (χ2v) is 20.0. The number of aromatic nitrogens is 8. The number of benzene rings is 6. The zero-order valence-electron chi connectivity index (χ0n) is 50.1. The quantitative estimate of drug-likeness (QED) is 0.0179. The van der Waals surface area contributed by atoms with Crippen molar-refractivity contribution in [3.05, 3.63) is 144 Å². The third kappa shape index (κ3) is 15.9. The molecule has 0 spiro atoms. The molecular formula is C62H54F9N11O11. The number of alkyl halides is 9. The van der Waals surface area contributed by atoms with E-state index in [-0.39, 0.29) is 57.0 Å². The molecule has 0 saturated carbocycles. The Hall–Kier alpha value is -11.2. The number of methoxy groups -OCH3 is 6. The number of nitriles is 1. The molecule has 4 heterocycles. The van der Waals surface area contributed by atoms with Gasteiger partial charge in [-0.05, 0) is 54.6 Å². The lowest BCUT2D eigenvalue weighted by molar-refractivity contribution is -0.134. The Morgan fingerprint density at radius 3 is 1.20 bits per heavy atom. The molecule has 0 fully saturated rings. The van der Waals surface area contributed by atoms with Crippen LogP contribution in [-0.4, -0.2) is 128 Å². The van der Waals surface area contributed by atoms with E-state index in [1.54, 1.807) is 81.5 Å². The first-order valence-electron chi connectivity index (χ1n) is 27.3. The first-order chi connectivity index (χ1) is 44.1. The van der Waals surface area contributed by atoms with Crippen molar-refractivity contribution in [3.63, 3.8) is 0 Å². The van der Waals surface area contributed by atoms with Gasteiger partial charge < -0.3 is 43.9 Å². The summed E-state index contributed by atoms with van der Waals surface area (Å²) in [5.41, 5.74) is 12.6. The van der Waals surface area contributed by atoms with Crippen LogP contribution in [0.2, 0.25) is 0 Å². The fourth-order valence-corrected chi connectivity index (χ4v) is 9.57. The molecule has 0 radical (unpaired) electrons. The van der Waals surface area contributed by atoms with Crippen LogP contribution < -0.4 is 34.2 Å². The number of hydrogen-bond donors (Lipinski definition) is 2. The van der Waals surface area contributed by atoms with Crippen molar-refractivity contribution in [2.75, 3.05) is 42.7 Å². The fraction of sp³-hybridized carbons (Fsp3) is 0.258. The third-order valence-corrected chi connectivity index (χ3v) is 14.0. The third-order valence-electron chi connectivity index (χ3n) is 14.0. The number of imidazole rings is 3. The number of Topliss-reactive ketones (excluding diaryl/α,β-unsaturated/α-hetero) is 3. The number of fused-ring (bicyclic) bond motifs is 3. The van der Waals surface area contributed by atoms with Crippen molar-refractivity contribution in [2.45, 2.75) is 64.0 Å². The molecule has 31 heteroatoms. The van der Waals surface area contributed by atoms with Crippen LogP contribution in [0.3, 0.4) is 0 Å². The highest BCUT2D eigenvalue weighted by atomic mass is 19.4. The van der Waals surface area contributed by atoms with Crippen LogP contribution in [0.1, 0.15) is 86.6 Å². The number of ketones is 3. The number of oxime groups is 1. The summed E-state index contributed by atoms with van der Waals surface area (Å²) in [6.45, 7) is 1.70. The number of halogens is 9. The van der Waals surface area contributed by atoms with Gasteiger partial charge in [-0.1, -0.05) is 10.3 Å². The summed E-state index contributed by atoms with van der Waals surface area (Å²) in [4.78, 5) is 54.6. The topological polar surface area (TPSA) is 281 Å². The first-order valence-corrected chi connectivity index (χ1v) is 27.3. The van der Waals surface area contributed by atoms with Gasteiger partial charge in [0.05, 0.1) is 124 Å². The van der Waals surface area contributed by atoms with Gasteiger partial charge in [-0.3, -0.25) is 28.1 Å².